The van der Waals surface area contributed by atoms with Crippen molar-refractivity contribution in [1.82, 2.24) is 10.2 Å². The zero-order chi connectivity index (χ0) is 10.8. The molecule has 0 saturated carbocycles. The summed E-state index contributed by atoms with van der Waals surface area (Å²) in [6.45, 7) is 2.22. The largest absolute Gasteiger partial charge is 0.472 e. The molecule has 0 spiro atoms. The van der Waals surface area contributed by atoms with Crippen LogP contribution in [-0.4, -0.2) is 29.3 Å². The van der Waals surface area contributed by atoms with Crippen molar-refractivity contribution in [3.63, 3.8) is 0 Å². The molecule has 1 atom stereocenters. The maximum atomic E-state index is 11.6. The minimum atomic E-state index is -0.416. The van der Waals surface area contributed by atoms with Gasteiger partial charge in [0, 0.05) is 12.1 Å². The average Bonchev–Trinajstić information content (AvgIpc) is 2.71. The molecule has 2 rings (SSSR count). The average molecular weight is 208 g/mol. The lowest BCUT2D eigenvalue weighted by atomic mass is 10.1. The Hall–Kier alpha value is -1.78. The van der Waals surface area contributed by atoms with Crippen molar-refractivity contribution in [2.75, 3.05) is 6.54 Å². The summed E-state index contributed by atoms with van der Waals surface area (Å²) in [6, 6.07) is 1.37. The van der Waals surface area contributed by atoms with Gasteiger partial charge < -0.3 is 14.6 Å². The second kappa shape index (κ2) is 3.76. The number of carbonyl (C=O) groups is 2. The predicted octanol–water partition coefficient (Wildman–Crippen LogP) is 0.126. The van der Waals surface area contributed by atoms with Crippen LogP contribution >= 0.6 is 0 Å². The summed E-state index contributed by atoms with van der Waals surface area (Å²) in [5.41, 5.74) is 0.893. The summed E-state index contributed by atoms with van der Waals surface area (Å²) in [7, 11) is 0. The first-order valence-electron chi connectivity index (χ1n) is 4.77. The smallest absolute Gasteiger partial charge is 0.242 e. The number of rotatable bonds is 2. The second-order valence-corrected chi connectivity index (χ2v) is 3.55. The van der Waals surface area contributed by atoms with Crippen LogP contribution in [0.25, 0.3) is 0 Å². The Labute approximate surface area is 87.0 Å². The van der Waals surface area contributed by atoms with Gasteiger partial charge in [0.25, 0.3) is 0 Å². The highest BCUT2D eigenvalue weighted by Crippen LogP contribution is 2.11. The van der Waals surface area contributed by atoms with E-state index in [1.54, 1.807) is 30.4 Å². The van der Waals surface area contributed by atoms with Crippen LogP contribution in [0, 0.1) is 0 Å². The summed E-state index contributed by atoms with van der Waals surface area (Å²) in [5.74, 6) is -0.179. The molecule has 0 bridgehead atoms. The Balaban J connectivity index is 2.12. The molecule has 2 heterocycles. The van der Waals surface area contributed by atoms with Crippen molar-refractivity contribution in [3.8, 4) is 0 Å². The Morgan fingerprint density at radius 2 is 2.40 bits per heavy atom. The number of carbonyl (C=O) groups excluding carboxylic acids is 2. The van der Waals surface area contributed by atoms with E-state index in [1.807, 2.05) is 0 Å². The Morgan fingerprint density at radius 1 is 1.60 bits per heavy atom. The highest BCUT2D eigenvalue weighted by molar-refractivity contribution is 5.94. The molecule has 0 aliphatic carbocycles. The van der Waals surface area contributed by atoms with E-state index in [0.29, 0.717) is 6.54 Å². The van der Waals surface area contributed by atoms with Crippen molar-refractivity contribution in [2.24, 2.45) is 0 Å². The van der Waals surface area contributed by atoms with E-state index in [9.17, 15) is 9.59 Å². The molecule has 1 N–H and O–H groups in total. The van der Waals surface area contributed by atoms with Crippen molar-refractivity contribution in [3.05, 3.63) is 24.2 Å². The third-order valence-electron chi connectivity index (χ3n) is 2.51. The number of nitrogens with one attached hydrogen (secondary N) is 1. The summed E-state index contributed by atoms with van der Waals surface area (Å²) in [6.07, 6.45) is 3.13. The van der Waals surface area contributed by atoms with Crippen molar-refractivity contribution in [2.45, 2.75) is 19.5 Å². The van der Waals surface area contributed by atoms with Crippen molar-refractivity contribution < 1.29 is 14.0 Å². The van der Waals surface area contributed by atoms with Crippen LogP contribution in [0.5, 0.6) is 0 Å². The number of piperazine rings is 1. The Morgan fingerprint density at radius 3 is 3.07 bits per heavy atom. The highest BCUT2D eigenvalue weighted by atomic mass is 16.3. The summed E-state index contributed by atoms with van der Waals surface area (Å²) >= 11 is 0. The van der Waals surface area contributed by atoms with Crippen molar-refractivity contribution >= 4 is 11.8 Å². The molecule has 1 unspecified atom stereocenters. The van der Waals surface area contributed by atoms with Gasteiger partial charge in [-0.3, -0.25) is 9.59 Å². The first-order chi connectivity index (χ1) is 7.18. The van der Waals surface area contributed by atoms with Crippen molar-refractivity contribution in [1.29, 1.82) is 0 Å². The fourth-order valence-electron chi connectivity index (χ4n) is 1.57. The molecule has 1 aromatic heterocycles. The first kappa shape index (κ1) is 9.76. The molecule has 5 heteroatoms. The topological polar surface area (TPSA) is 62.6 Å². The summed E-state index contributed by atoms with van der Waals surface area (Å²) < 4.78 is 4.91. The monoisotopic (exact) mass is 208 g/mol. The van der Waals surface area contributed by atoms with Gasteiger partial charge in [0.15, 0.2) is 0 Å². The minimum Gasteiger partial charge on any atom is -0.472 e. The summed E-state index contributed by atoms with van der Waals surface area (Å²) in [4.78, 5) is 24.5. The van der Waals surface area contributed by atoms with Gasteiger partial charge in [-0.1, -0.05) is 0 Å². The fraction of sp³-hybridized carbons (Fsp3) is 0.400. The molecule has 0 aromatic carbocycles. The molecular formula is C10H12N2O3. The van der Waals surface area contributed by atoms with Crippen LogP contribution in [0.3, 0.4) is 0 Å². The molecule has 1 fully saturated rings. The van der Waals surface area contributed by atoms with Gasteiger partial charge in [-0.2, -0.15) is 0 Å². The van der Waals surface area contributed by atoms with E-state index < -0.39 is 6.04 Å². The van der Waals surface area contributed by atoms with E-state index >= 15 is 0 Å². The van der Waals surface area contributed by atoms with Crippen LogP contribution in [0.4, 0.5) is 0 Å². The normalized spacial score (nSPS) is 21.7. The maximum Gasteiger partial charge on any atom is 0.242 e. The van der Waals surface area contributed by atoms with Gasteiger partial charge in [-0.05, 0) is 13.0 Å². The lowest BCUT2D eigenvalue weighted by molar-refractivity contribution is -0.145. The van der Waals surface area contributed by atoms with Gasteiger partial charge >= 0.3 is 0 Å². The number of amides is 2. The number of nitrogens with zero attached hydrogens (tertiary/aromatic N) is 1. The Kier molecular flexibility index (Phi) is 2.45. The van der Waals surface area contributed by atoms with E-state index in [4.69, 9.17) is 4.42 Å². The molecule has 15 heavy (non-hydrogen) atoms. The quantitative estimate of drug-likeness (QED) is 0.751. The van der Waals surface area contributed by atoms with Crippen LogP contribution in [-0.2, 0) is 16.1 Å². The predicted molar refractivity (Wildman–Crippen MR) is 51.7 cm³/mol. The lowest BCUT2D eigenvalue weighted by Crippen LogP contribution is -2.56. The Bertz CT molecular complexity index is 372. The molecule has 5 nitrogen and oxygen atoms in total. The first-order valence-corrected chi connectivity index (χ1v) is 4.77. The van der Waals surface area contributed by atoms with E-state index in [1.165, 1.54) is 0 Å². The highest BCUT2D eigenvalue weighted by Gasteiger charge is 2.30. The molecule has 1 aromatic rings. The minimum absolute atomic E-state index is 0.0664. The van der Waals surface area contributed by atoms with Crippen LogP contribution in [0.1, 0.15) is 12.5 Å². The molecule has 1 aliphatic rings. The second-order valence-electron chi connectivity index (χ2n) is 3.55. The number of hydrogen-bond donors (Lipinski definition) is 1. The molecule has 80 valence electrons. The zero-order valence-electron chi connectivity index (χ0n) is 8.40. The lowest BCUT2D eigenvalue weighted by Gasteiger charge is -2.32. The zero-order valence-corrected chi connectivity index (χ0v) is 8.40. The molecule has 1 saturated heterocycles. The SMILES string of the molecule is CC1C(=O)NCC(=O)N1Cc1ccoc1. The third kappa shape index (κ3) is 1.86. The van der Waals surface area contributed by atoms with Gasteiger partial charge in [0.05, 0.1) is 19.1 Å². The van der Waals surface area contributed by atoms with E-state index in [-0.39, 0.29) is 18.4 Å². The molecule has 1 aliphatic heterocycles. The summed E-state index contributed by atoms with van der Waals surface area (Å²) in [5, 5.41) is 2.54. The van der Waals surface area contributed by atoms with E-state index in [2.05, 4.69) is 5.32 Å². The van der Waals surface area contributed by atoms with Crippen LogP contribution < -0.4 is 5.32 Å². The van der Waals surface area contributed by atoms with Crippen LogP contribution in [0.15, 0.2) is 23.0 Å². The van der Waals surface area contributed by atoms with E-state index in [0.717, 1.165) is 5.56 Å². The molecule has 0 radical (unpaired) electrons. The van der Waals surface area contributed by atoms with Gasteiger partial charge in [0.2, 0.25) is 11.8 Å². The standard InChI is InChI=1S/C10H12N2O3/c1-7-10(14)11-4-9(13)12(7)5-8-2-3-15-6-8/h2-3,6-7H,4-5H2,1H3,(H,11,14). The third-order valence-corrected chi connectivity index (χ3v) is 2.51. The maximum absolute atomic E-state index is 11.6. The number of furan rings is 1. The van der Waals surface area contributed by atoms with Gasteiger partial charge in [-0.25, -0.2) is 0 Å². The van der Waals surface area contributed by atoms with Gasteiger partial charge in [0.1, 0.15) is 6.04 Å². The fourth-order valence-corrected chi connectivity index (χ4v) is 1.57. The molecule has 2 amide bonds. The van der Waals surface area contributed by atoms with Gasteiger partial charge in [-0.15, -0.1) is 0 Å². The molecular weight excluding hydrogens is 196 g/mol. The van der Waals surface area contributed by atoms with Crippen LogP contribution in [0.2, 0.25) is 0 Å². The number of hydrogen-bond acceptors (Lipinski definition) is 3.